The van der Waals surface area contributed by atoms with E-state index in [-0.39, 0.29) is 17.9 Å². The van der Waals surface area contributed by atoms with Crippen LogP contribution in [0, 0.1) is 0 Å². The van der Waals surface area contributed by atoms with Gasteiger partial charge in [-0.25, -0.2) is 9.78 Å². The van der Waals surface area contributed by atoms with Crippen LogP contribution in [0.3, 0.4) is 0 Å². The van der Waals surface area contributed by atoms with Crippen LogP contribution in [0.4, 0.5) is 5.82 Å². The smallest absolute Gasteiger partial charge is 0.354 e. The molecule has 6 nitrogen and oxygen atoms in total. The number of ether oxygens (including phenoxy) is 1. The third-order valence-electron chi connectivity index (χ3n) is 4.37. The molecule has 2 N–H and O–H groups in total. The first-order valence-corrected chi connectivity index (χ1v) is 8.89. The Morgan fingerprint density at radius 2 is 1.81 bits per heavy atom. The molecule has 1 fully saturated rings. The van der Waals surface area contributed by atoms with Gasteiger partial charge in [0.2, 0.25) is 0 Å². The van der Waals surface area contributed by atoms with Crippen molar-refractivity contribution in [3.05, 3.63) is 59.3 Å². The van der Waals surface area contributed by atoms with E-state index in [0.717, 1.165) is 25.2 Å². The fourth-order valence-electron chi connectivity index (χ4n) is 3.28. The van der Waals surface area contributed by atoms with Crippen LogP contribution in [0.1, 0.15) is 35.5 Å². The first-order chi connectivity index (χ1) is 12.5. The Morgan fingerprint density at radius 1 is 1.15 bits per heavy atom. The quantitative estimate of drug-likeness (QED) is 0.830. The minimum absolute atomic E-state index is 0.0410. The summed E-state index contributed by atoms with van der Waals surface area (Å²) in [6, 6.07) is 13.4. The molecule has 1 aliphatic heterocycles. The Kier molecular flexibility index (Phi) is 5.85. The zero-order valence-corrected chi connectivity index (χ0v) is 15.2. The second kappa shape index (κ2) is 8.29. The maximum atomic E-state index is 11.0. The van der Waals surface area contributed by atoms with Gasteiger partial charge in [-0.15, -0.1) is 0 Å². The van der Waals surface area contributed by atoms with Crippen molar-refractivity contribution in [1.29, 1.82) is 0 Å². The van der Waals surface area contributed by atoms with E-state index in [0.29, 0.717) is 12.4 Å². The number of morpholine rings is 1. The maximum Gasteiger partial charge on any atom is 0.354 e. The number of benzene rings is 1. The number of rotatable bonds is 6. The molecular formula is C20H25N3O3. The van der Waals surface area contributed by atoms with Crippen molar-refractivity contribution in [2.24, 2.45) is 0 Å². The normalized spacial score (nSPS) is 20.7. The Hall–Kier alpha value is -2.44. The molecule has 3 rings (SSSR count). The Bertz CT molecular complexity index is 738. The van der Waals surface area contributed by atoms with Crippen LogP contribution < -0.4 is 5.32 Å². The van der Waals surface area contributed by atoms with E-state index >= 15 is 0 Å². The number of hydrogen-bond donors (Lipinski definition) is 2. The lowest BCUT2D eigenvalue weighted by atomic mass is 10.1. The second-order valence-corrected chi connectivity index (χ2v) is 6.83. The summed E-state index contributed by atoms with van der Waals surface area (Å²) in [6.07, 6.45) is 0.549. The summed E-state index contributed by atoms with van der Waals surface area (Å²) in [7, 11) is 0. The number of aromatic nitrogens is 1. The number of hydrogen-bond acceptors (Lipinski definition) is 5. The summed E-state index contributed by atoms with van der Waals surface area (Å²) < 4.78 is 5.78. The van der Waals surface area contributed by atoms with Crippen LogP contribution in [0.2, 0.25) is 0 Å². The minimum atomic E-state index is -1.02. The van der Waals surface area contributed by atoms with Gasteiger partial charge in [0, 0.05) is 26.2 Å². The Morgan fingerprint density at radius 3 is 2.46 bits per heavy atom. The molecule has 0 aliphatic carbocycles. The lowest BCUT2D eigenvalue weighted by Crippen LogP contribution is -2.44. The number of anilines is 1. The number of carbonyl (C=O) groups is 1. The van der Waals surface area contributed by atoms with E-state index in [2.05, 4.69) is 53.3 Å². The standard InChI is InChI=1S/C20H25N3O3/c1-14-11-23(12-15(2)26-14)13-17-8-6-16(7-9-17)10-21-19-5-3-4-18(22-19)20(24)25/h3-9,14-15H,10-13H2,1-2H3,(H,21,22)(H,24,25). The van der Waals surface area contributed by atoms with Gasteiger partial charge in [0.05, 0.1) is 12.2 Å². The largest absolute Gasteiger partial charge is 0.477 e. The fraction of sp³-hybridized carbons (Fsp3) is 0.400. The summed E-state index contributed by atoms with van der Waals surface area (Å²) in [5, 5.41) is 12.2. The van der Waals surface area contributed by atoms with E-state index in [1.165, 1.54) is 11.6 Å². The molecule has 2 unspecified atom stereocenters. The highest BCUT2D eigenvalue weighted by Gasteiger charge is 2.21. The van der Waals surface area contributed by atoms with Crippen molar-refractivity contribution in [2.45, 2.75) is 39.1 Å². The third kappa shape index (κ3) is 5.03. The van der Waals surface area contributed by atoms with E-state index in [1.807, 2.05) is 0 Å². The minimum Gasteiger partial charge on any atom is -0.477 e. The lowest BCUT2D eigenvalue weighted by molar-refractivity contribution is -0.0704. The third-order valence-corrected chi connectivity index (χ3v) is 4.37. The number of nitrogens with one attached hydrogen (secondary N) is 1. The highest BCUT2D eigenvalue weighted by Crippen LogP contribution is 2.15. The van der Waals surface area contributed by atoms with Crippen LogP contribution in [-0.4, -0.2) is 46.3 Å². The summed E-state index contributed by atoms with van der Waals surface area (Å²) in [5.74, 6) is -0.463. The van der Waals surface area contributed by atoms with Gasteiger partial charge >= 0.3 is 5.97 Å². The SMILES string of the molecule is CC1CN(Cc2ccc(CNc3cccc(C(=O)O)n3)cc2)CC(C)O1. The van der Waals surface area contributed by atoms with Crippen molar-refractivity contribution in [1.82, 2.24) is 9.88 Å². The molecule has 0 spiro atoms. The zero-order chi connectivity index (χ0) is 18.5. The van der Waals surface area contributed by atoms with Crippen LogP contribution in [0.25, 0.3) is 0 Å². The number of nitrogens with zero attached hydrogens (tertiary/aromatic N) is 2. The van der Waals surface area contributed by atoms with Gasteiger partial charge in [-0.2, -0.15) is 0 Å². The number of carboxylic acids is 1. The van der Waals surface area contributed by atoms with Crippen molar-refractivity contribution in [2.75, 3.05) is 18.4 Å². The molecule has 138 valence electrons. The average molecular weight is 355 g/mol. The number of carboxylic acid groups (broad SMARTS) is 1. The molecule has 0 bridgehead atoms. The van der Waals surface area contributed by atoms with Gasteiger partial charge in [-0.05, 0) is 37.1 Å². The van der Waals surface area contributed by atoms with Crippen LogP contribution in [0.5, 0.6) is 0 Å². The molecule has 1 saturated heterocycles. The molecule has 2 aromatic rings. The van der Waals surface area contributed by atoms with Gasteiger partial charge in [0.25, 0.3) is 0 Å². The molecule has 1 aromatic carbocycles. The predicted octanol–water partition coefficient (Wildman–Crippen LogP) is 3.00. The molecule has 2 atom stereocenters. The van der Waals surface area contributed by atoms with Gasteiger partial charge in [0.15, 0.2) is 5.69 Å². The summed E-state index contributed by atoms with van der Waals surface area (Å²) in [5.41, 5.74) is 2.44. The van der Waals surface area contributed by atoms with E-state index in [4.69, 9.17) is 9.84 Å². The summed E-state index contributed by atoms with van der Waals surface area (Å²) in [4.78, 5) is 17.5. The number of aromatic carboxylic acids is 1. The topological polar surface area (TPSA) is 74.7 Å². The predicted molar refractivity (Wildman–Crippen MR) is 100 cm³/mol. The Labute approximate surface area is 153 Å². The van der Waals surface area contributed by atoms with Gasteiger partial charge in [0.1, 0.15) is 5.82 Å². The van der Waals surface area contributed by atoms with Crippen molar-refractivity contribution in [3.8, 4) is 0 Å². The van der Waals surface area contributed by atoms with Gasteiger partial charge in [-0.1, -0.05) is 30.3 Å². The molecule has 2 heterocycles. The molecule has 0 saturated carbocycles. The molecular weight excluding hydrogens is 330 g/mol. The summed E-state index contributed by atoms with van der Waals surface area (Å²) in [6.45, 7) is 7.67. The van der Waals surface area contributed by atoms with Crippen LogP contribution in [0.15, 0.2) is 42.5 Å². The highest BCUT2D eigenvalue weighted by atomic mass is 16.5. The van der Waals surface area contributed by atoms with Crippen molar-refractivity contribution < 1.29 is 14.6 Å². The van der Waals surface area contributed by atoms with Gasteiger partial charge < -0.3 is 15.2 Å². The van der Waals surface area contributed by atoms with Gasteiger partial charge in [-0.3, -0.25) is 4.90 Å². The van der Waals surface area contributed by atoms with Crippen molar-refractivity contribution in [3.63, 3.8) is 0 Å². The monoisotopic (exact) mass is 355 g/mol. The van der Waals surface area contributed by atoms with E-state index < -0.39 is 5.97 Å². The molecule has 0 radical (unpaired) electrons. The first kappa shape index (κ1) is 18.4. The number of pyridine rings is 1. The molecule has 26 heavy (non-hydrogen) atoms. The molecule has 1 aromatic heterocycles. The summed E-state index contributed by atoms with van der Waals surface area (Å²) >= 11 is 0. The fourth-order valence-corrected chi connectivity index (χ4v) is 3.28. The molecule has 0 amide bonds. The molecule has 1 aliphatic rings. The van der Waals surface area contributed by atoms with E-state index in [1.54, 1.807) is 12.1 Å². The second-order valence-electron chi connectivity index (χ2n) is 6.83. The zero-order valence-electron chi connectivity index (χ0n) is 15.2. The van der Waals surface area contributed by atoms with Crippen LogP contribution >= 0.6 is 0 Å². The lowest BCUT2D eigenvalue weighted by Gasteiger charge is -2.35. The Balaban J connectivity index is 1.54. The highest BCUT2D eigenvalue weighted by molar-refractivity contribution is 5.85. The van der Waals surface area contributed by atoms with Crippen molar-refractivity contribution >= 4 is 11.8 Å². The van der Waals surface area contributed by atoms with E-state index in [9.17, 15) is 4.79 Å². The van der Waals surface area contributed by atoms with Crippen LogP contribution in [-0.2, 0) is 17.8 Å². The maximum absolute atomic E-state index is 11.0. The first-order valence-electron chi connectivity index (χ1n) is 8.89. The average Bonchev–Trinajstić information content (AvgIpc) is 2.60. The molecule has 6 heteroatoms.